The molecular formula is C16H14O3. The molecule has 0 aliphatic carbocycles. The van der Waals surface area contributed by atoms with E-state index in [0.29, 0.717) is 11.1 Å². The van der Waals surface area contributed by atoms with Crippen LogP contribution < -0.4 is 0 Å². The lowest BCUT2D eigenvalue weighted by Gasteiger charge is -2.17. The molecule has 2 aromatic carbocycles. The first-order valence-electron chi connectivity index (χ1n) is 5.87. The van der Waals surface area contributed by atoms with Crippen molar-refractivity contribution in [2.24, 2.45) is 0 Å². The van der Waals surface area contributed by atoms with Crippen LogP contribution in [0.5, 0.6) is 0 Å². The number of carbonyl (C=O) groups is 1. The molecule has 0 amide bonds. The van der Waals surface area contributed by atoms with Gasteiger partial charge in [0.05, 0.1) is 5.56 Å². The van der Waals surface area contributed by atoms with E-state index in [9.17, 15) is 9.90 Å². The fourth-order valence-corrected chi connectivity index (χ4v) is 1.71. The van der Waals surface area contributed by atoms with Crippen molar-refractivity contribution in [1.82, 2.24) is 0 Å². The second-order valence-electron chi connectivity index (χ2n) is 4.05. The van der Waals surface area contributed by atoms with Gasteiger partial charge >= 0.3 is 5.97 Å². The van der Waals surface area contributed by atoms with E-state index in [1.165, 1.54) is 0 Å². The number of rotatable bonds is 4. The van der Waals surface area contributed by atoms with Crippen LogP contribution in [-0.2, 0) is 4.74 Å². The SMILES string of the molecule is C=C(O)C(OC(=O)c1ccccc1)c1ccccc1. The van der Waals surface area contributed by atoms with Crippen molar-refractivity contribution >= 4 is 5.97 Å². The van der Waals surface area contributed by atoms with Crippen LogP contribution in [0.4, 0.5) is 0 Å². The summed E-state index contributed by atoms with van der Waals surface area (Å²) in [5, 5.41) is 9.59. The molecule has 19 heavy (non-hydrogen) atoms. The predicted molar refractivity (Wildman–Crippen MR) is 72.8 cm³/mol. The Kier molecular flexibility index (Phi) is 3.98. The summed E-state index contributed by atoms with van der Waals surface area (Å²) in [5.74, 6) is -0.694. The number of ether oxygens (including phenoxy) is 1. The van der Waals surface area contributed by atoms with Crippen molar-refractivity contribution in [3.63, 3.8) is 0 Å². The van der Waals surface area contributed by atoms with E-state index in [1.807, 2.05) is 24.3 Å². The first kappa shape index (κ1) is 12.9. The van der Waals surface area contributed by atoms with E-state index in [-0.39, 0.29) is 5.76 Å². The maximum atomic E-state index is 12.0. The van der Waals surface area contributed by atoms with E-state index in [2.05, 4.69) is 6.58 Å². The van der Waals surface area contributed by atoms with Crippen molar-refractivity contribution in [2.75, 3.05) is 0 Å². The molecule has 0 spiro atoms. The Balaban J connectivity index is 2.19. The third-order valence-electron chi connectivity index (χ3n) is 2.64. The fraction of sp³-hybridized carbons (Fsp3) is 0.0625. The highest BCUT2D eigenvalue weighted by atomic mass is 16.6. The summed E-state index contributed by atoms with van der Waals surface area (Å²) in [7, 11) is 0. The second-order valence-corrected chi connectivity index (χ2v) is 4.05. The smallest absolute Gasteiger partial charge is 0.339 e. The van der Waals surface area contributed by atoms with Gasteiger partial charge in [0, 0.05) is 5.56 Å². The molecule has 2 rings (SSSR count). The Labute approximate surface area is 111 Å². The lowest BCUT2D eigenvalue weighted by Crippen LogP contribution is -2.13. The van der Waals surface area contributed by atoms with Gasteiger partial charge < -0.3 is 9.84 Å². The summed E-state index contributed by atoms with van der Waals surface area (Å²) < 4.78 is 5.30. The number of aliphatic hydroxyl groups excluding tert-OH is 1. The molecule has 0 saturated heterocycles. The molecule has 0 radical (unpaired) electrons. The minimum atomic E-state index is -0.853. The molecule has 1 atom stereocenters. The normalized spacial score (nSPS) is 11.6. The molecule has 0 aliphatic heterocycles. The highest BCUT2D eigenvalue weighted by molar-refractivity contribution is 5.89. The molecule has 0 fully saturated rings. The molecule has 0 saturated carbocycles. The molecule has 3 nitrogen and oxygen atoms in total. The summed E-state index contributed by atoms with van der Waals surface area (Å²) in [4.78, 5) is 12.0. The molecule has 0 bridgehead atoms. The molecule has 2 aromatic rings. The van der Waals surface area contributed by atoms with Gasteiger partial charge in [-0.25, -0.2) is 4.79 Å². The van der Waals surface area contributed by atoms with Crippen LogP contribution in [0, 0.1) is 0 Å². The monoisotopic (exact) mass is 254 g/mol. The van der Waals surface area contributed by atoms with E-state index < -0.39 is 12.1 Å². The van der Waals surface area contributed by atoms with Crippen molar-refractivity contribution < 1.29 is 14.6 Å². The Morgan fingerprint density at radius 2 is 1.53 bits per heavy atom. The van der Waals surface area contributed by atoms with Crippen LogP contribution in [0.1, 0.15) is 22.0 Å². The van der Waals surface area contributed by atoms with E-state index in [1.54, 1.807) is 36.4 Å². The lowest BCUT2D eigenvalue weighted by molar-refractivity contribution is 0.0287. The largest absolute Gasteiger partial charge is 0.509 e. The Hall–Kier alpha value is -2.55. The van der Waals surface area contributed by atoms with Gasteiger partial charge in [0.15, 0.2) is 6.10 Å². The van der Waals surface area contributed by atoms with Gasteiger partial charge in [0.25, 0.3) is 0 Å². The van der Waals surface area contributed by atoms with Crippen molar-refractivity contribution in [2.45, 2.75) is 6.10 Å². The van der Waals surface area contributed by atoms with E-state index in [4.69, 9.17) is 4.74 Å². The van der Waals surface area contributed by atoms with Gasteiger partial charge in [0.1, 0.15) is 5.76 Å². The van der Waals surface area contributed by atoms with E-state index >= 15 is 0 Å². The number of carbonyl (C=O) groups excluding carboxylic acids is 1. The van der Waals surface area contributed by atoms with Gasteiger partial charge in [-0.05, 0) is 12.1 Å². The van der Waals surface area contributed by atoms with E-state index in [0.717, 1.165) is 0 Å². The zero-order chi connectivity index (χ0) is 13.7. The summed E-state index contributed by atoms with van der Waals surface area (Å²) in [6.45, 7) is 3.46. The molecular weight excluding hydrogens is 240 g/mol. The fourth-order valence-electron chi connectivity index (χ4n) is 1.71. The Bertz CT molecular complexity index is 561. The summed E-state index contributed by atoms with van der Waals surface area (Å²) in [5.41, 5.74) is 1.11. The highest BCUT2D eigenvalue weighted by Gasteiger charge is 2.20. The minimum absolute atomic E-state index is 0.199. The highest BCUT2D eigenvalue weighted by Crippen LogP contribution is 2.24. The van der Waals surface area contributed by atoms with Crippen LogP contribution in [0.3, 0.4) is 0 Å². The minimum Gasteiger partial charge on any atom is -0.509 e. The van der Waals surface area contributed by atoms with Crippen LogP contribution in [0.2, 0.25) is 0 Å². The third kappa shape index (κ3) is 3.22. The third-order valence-corrected chi connectivity index (χ3v) is 2.64. The maximum absolute atomic E-state index is 12.0. The van der Waals surface area contributed by atoms with Gasteiger partial charge in [0.2, 0.25) is 0 Å². The Morgan fingerprint density at radius 3 is 2.05 bits per heavy atom. The number of aliphatic hydroxyl groups is 1. The Morgan fingerprint density at radius 1 is 1.00 bits per heavy atom. The number of esters is 1. The van der Waals surface area contributed by atoms with Gasteiger partial charge in [-0.15, -0.1) is 0 Å². The number of hydrogen-bond donors (Lipinski definition) is 1. The van der Waals surface area contributed by atoms with Crippen molar-refractivity contribution in [3.8, 4) is 0 Å². The quantitative estimate of drug-likeness (QED) is 0.669. The topological polar surface area (TPSA) is 46.5 Å². The number of benzene rings is 2. The van der Waals surface area contributed by atoms with Crippen LogP contribution in [0.15, 0.2) is 73.0 Å². The van der Waals surface area contributed by atoms with Crippen LogP contribution >= 0.6 is 0 Å². The predicted octanol–water partition coefficient (Wildman–Crippen LogP) is 3.66. The lowest BCUT2D eigenvalue weighted by atomic mass is 10.1. The maximum Gasteiger partial charge on any atom is 0.339 e. The second kappa shape index (κ2) is 5.87. The average molecular weight is 254 g/mol. The standard InChI is InChI=1S/C16H14O3/c1-12(17)15(13-8-4-2-5-9-13)19-16(18)14-10-6-3-7-11-14/h2-11,15,17H,1H2. The average Bonchev–Trinajstić information content (AvgIpc) is 2.46. The first-order valence-corrected chi connectivity index (χ1v) is 5.87. The summed E-state index contributed by atoms with van der Waals surface area (Å²) in [6.07, 6.45) is -0.853. The van der Waals surface area contributed by atoms with Crippen molar-refractivity contribution in [1.29, 1.82) is 0 Å². The zero-order valence-electron chi connectivity index (χ0n) is 10.3. The number of hydrogen-bond acceptors (Lipinski definition) is 3. The van der Waals surface area contributed by atoms with Gasteiger partial charge in [-0.2, -0.15) is 0 Å². The molecule has 1 unspecified atom stereocenters. The van der Waals surface area contributed by atoms with Gasteiger partial charge in [-0.3, -0.25) is 0 Å². The zero-order valence-corrected chi connectivity index (χ0v) is 10.3. The summed E-state index contributed by atoms with van der Waals surface area (Å²) >= 11 is 0. The molecule has 0 aromatic heterocycles. The molecule has 0 heterocycles. The summed E-state index contributed by atoms with van der Waals surface area (Å²) in [6, 6.07) is 17.6. The van der Waals surface area contributed by atoms with Crippen molar-refractivity contribution in [3.05, 3.63) is 84.1 Å². The van der Waals surface area contributed by atoms with Gasteiger partial charge in [-0.1, -0.05) is 55.1 Å². The first-order chi connectivity index (χ1) is 9.18. The van der Waals surface area contributed by atoms with Crippen LogP contribution in [0.25, 0.3) is 0 Å². The molecule has 0 aliphatic rings. The molecule has 96 valence electrons. The molecule has 3 heteroatoms. The molecule has 1 N–H and O–H groups in total. The van der Waals surface area contributed by atoms with Crippen LogP contribution in [-0.4, -0.2) is 11.1 Å².